The van der Waals surface area contributed by atoms with Crippen molar-refractivity contribution >= 4 is 29.1 Å². The Balaban J connectivity index is 1.81. The molecule has 0 fully saturated rings. The number of allylic oxidation sites excluding steroid dienone is 1. The summed E-state index contributed by atoms with van der Waals surface area (Å²) in [5.41, 5.74) is 1.15. The van der Waals surface area contributed by atoms with Crippen LogP contribution in [0.2, 0.25) is 5.02 Å². The SMILES string of the molecule is C=C(CC[C@@H](C)C(=O)Nc1ccc(F)cc1)NC(=O)c1ccc(F)c(Cl)c1. The second-order valence-corrected chi connectivity index (χ2v) is 6.53. The van der Waals surface area contributed by atoms with E-state index in [9.17, 15) is 18.4 Å². The van der Waals surface area contributed by atoms with Gasteiger partial charge in [0.1, 0.15) is 11.6 Å². The van der Waals surface area contributed by atoms with Gasteiger partial charge in [0, 0.05) is 22.9 Å². The summed E-state index contributed by atoms with van der Waals surface area (Å²) in [5.74, 6) is -2.00. The van der Waals surface area contributed by atoms with Gasteiger partial charge in [-0.25, -0.2) is 8.78 Å². The van der Waals surface area contributed by atoms with Gasteiger partial charge in [-0.05, 0) is 55.3 Å². The summed E-state index contributed by atoms with van der Waals surface area (Å²) in [7, 11) is 0. The maximum absolute atomic E-state index is 13.1. The lowest BCUT2D eigenvalue weighted by Crippen LogP contribution is -2.24. The van der Waals surface area contributed by atoms with Crippen LogP contribution in [0.5, 0.6) is 0 Å². The standard InChI is InChI=1S/C20H19ClF2N2O2/c1-12(19(26)25-16-8-6-15(22)7-9-16)3-4-13(2)24-20(27)14-5-10-18(23)17(21)11-14/h5-12H,2-4H2,1H3,(H,24,27)(H,25,26)/t12-/m1/s1. The summed E-state index contributed by atoms with van der Waals surface area (Å²) in [5, 5.41) is 5.16. The fourth-order valence-electron chi connectivity index (χ4n) is 2.25. The fraction of sp³-hybridized carbons (Fsp3) is 0.200. The summed E-state index contributed by atoms with van der Waals surface area (Å²) in [4.78, 5) is 24.3. The lowest BCUT2D eigenvalue weighted by atomic mass is 10.0. The first-order chi connectivity index (χ1) is 12.8. The van der Waals surface area contributed by atoms with E-state index in [0.29, 0.717) is 24.2 Å². The van der Waals surface area contributed by atoms with Crippen LogP contribution in [0.15, 0.2) is 54.7 Å². The molecule has 0 radical (unpaired) electrons. The normalized spacial score (nSPS) is 11.6. The van der Waals surface area contributed by atoms with Gasteiger partial charge < -0.3 is 10.6 Å². The van der Waals surface area contributed by atoms with Gasteiger partial charge >= 0.3 is 0 Å². The van der Waals surface area contributed by atoms with Gasteiger partial charge in [-0.1, -0.05) is 25.1 Å². The Morgan fingerprint density at radius 1 is 1.15 bits per heavy atom. The molecule has 0 aromatic heterocycles. The van der Waals surface area contributed by atoms with Crippen LogP contribution in [0, 0.1) is 17.6 Å². The molecule has 0 spiro atoms. The molecule has 0 saturated carbocycles. The first-order valence-electron chi connectivity index (χ1n) is 8.27. The Morgan fingerprint density at radius 3 is 2.44 bits per heavy atom. The predicted octanol–water partition coefficient (Wildman–Crippen LogP) is 4.92. The number of carbonyl (C=O) groups is 2. The second kappa shape index (κ2) is 9.28. The van der Waals surface area contributed by atoms with Crippen LogP contribution >= 0.6 is 11.6 Å². The van der Waals surface area contributed by atoms with Crippen LogP contribution in [0.4, 0.5) is 14.5 Å². The van der Waals surface area contributed by atoms with Gasteiger partial charge in [-0.15, -0.1) is 0 Å². The zero-order valence-corrected chi connectivity index (χ0v) is 15.4. The van der Waals surface area contributed by atoms with Crippen molar-refractivity contribution in [3.05, 3.63) is 77.0 Å². The maximum atomic E-state index is 13.1. The minimum atomic E-state index is -0.604. The number of hydrogen-bond acceptors (Lipinski definition) is 2. The number of carbonyl (C=O) groups excluding carboxylic acids is 2. The fourth-order valence-corrected chi connectivity index (χ4v) is 2.43. The number of nitrogens with one attached hydrogen (secondary N) is 2. The van der Waals surface area contributed by atoms with Crippen molar-refractivity contribution in [2.75, 3.05) is 5.32 Å². The third kappa shape index (κ3) is 6.18. The molecule has 4 nitrogen and oxygen atoms in total. The topological polar surface area (TPSA) is 58.2 Å². The van der Waals surface area contributed by atoms with Crippen molar-refractivity contribution in [2.45, 2.75) is 19.8 Å². The molecule has 2 N–H and O–H groups in total. The average Bonchev–Trinajstić information content (AvgIpc) is 2.63. The van der Waals surface area contributed by atoms with Crippen molar-refractivity contribution in [3.63, 3.8) is 0 Å². The molecule has 2 aromatic rings. The van der Waals surface area contributed by atoms with Crippen LogP contribution in [0.25, 0.3) is 0 Å². The Bertz CT molecular complexity index is 854. The van der Waals surface area contributed by atoms with E-state index in [1.807, 2.05) is 0 Å². The monoisotopic (exact) mass is 392 g/mol. The predicted molar refractivity (Wildman–Crippen MR) is 101 cm³/mol. The lowest BCUT2D eigenvalue weighted by Gasteiger charge is -2.14. The zero-order chi connectivity index (χ0) is 20.0. The van der Waals surface area contributed by atoms with Crippen molar-refractivity contribution in [1.82, 2.24) is 5.32 Å². The minimum Gasteiger partial charge on any atom is -0.326 e. The third-order valence-electron chi connectivity index (χ3n) is 3.91. The van der Waals surface area contributed by atoms with E-state index in [1.54, 1.807) is 6.92 Å². The molecule has 2 rings (SSSR count). The first kappa shape index (κ1) is 20.6. The maximum Gasteiger partial charge on any atom is 0.255 e. The van der Waals surface area contributed by atoms with Gasteiger partial charge in [-0.3, -0.25) is 9.59 Å². The van der Waals surface area contributed by atoms with E-state index in [1.165, 1.54) is 36.4 Å². The molecular weight excluding hydrogens is 374 g/mol. The molecule has 0 bridgehead atoms. The first-order valence-corrected chi connectivity index (χ1v) is 8.64. The van der Waals surface area contributed by atoms with Gasteiger partial charge in [0.2, 0.25) is 5.91 Å². The Kier molecular flexibility index (Phi) is 7.07. The summed E-state index contributed by atoms with van der Waals surface area (Å²) in [6, 6.07) is 9.15. The molecule has 142 valence electrons. The molecule has 0 aliphatic heterocycles. The molecule has 2 amide bonds. The highest BCUT2D eigenvalue weighted by atomic mass is 35.5. The van der Waals surface area contributed by atoms with Crippen LogP contribution in [-0.2, 0) is 4.79 Å². The number of benzene rings is 2. The van der Waals surface area contributed by atoms with E-state index in [-0.39, 0.29) is 28.2 Å². The van der Waals surface area contributed by atoms with Crippen molar-refractivity contribution in [1.29, 1.82) is 0 Å². The van der Waals surface area contributed by atoms with Crippen LogP contribution in [0.3, 0.4) is 0 Å². The van der Waals surface area contributed by atoms with E-state index < -0.39 is 11.7 Å². The lowest BCUT2D eigenvalue weighted by molar-refractivity contribution is -0.119. The van der Waals surface area contributed by atoms with Gasteiger partial charge in [-0.2, -0.15) is 0 Å². The van der Waals surface area contributed by atoms with E-state index in [4.69, 9.17) is 11.6 Å². The molecule has 7 heteroatoms. The Labute approximate surface area is 161 Å². The van der Waals surface area contributed by atoms with Gasteiger partial charge in [0.05, 0.1) is 5.02 Å². The minimum absolute atomic E-state index is 0.139. The van der Waals surface area contributed by atoms with Crippen molar-refractivity contribution in [3.8, 4) is 0 Å². The van der Waals surface area contributed by atoms with E-state index in [0.717, 1.165) is 6.07 Å². The molecular formula is C20H19ClF2N2O2. The highest BCUT2D eigenvalue weighted by Crippen LogP contribution is 2.17. The number of halogens is 3. The molecule has 0 unspecified atom stereocenters. The second-order valence-electron chi connectivity index (χ2n) is 6.12. The highest BCUT2D eigenvalue weighted by molar-refractivity contribution is 6.31. The van der Waals surface area contributed by atoms with Gasteiger partial charge in [0.15, 0.2) is 0 Å². The van der Waals surface area contributed by atoms with E-state index in [2.05, 4.69) is 17.2 Å². The molecule has 0 aliphatic carbocycles. The molecule has 0 aliphatic rings. The number of hydrogen-bond donors (Lipinski definition) is 2. The largest absolute Gasteiger partial charge is 0.326 e. The summed E-state index contributed by atoms with van der Waals surface area (Å²) >= 11 is 5.66. The number of anilines is 1. The molecule has 1 atom stereocenters. The van der Waals surface area contributed by atoms with Gasteiger partial charge in [0.25, 0.3) is 5.91 Å². The summed E-state index contributed by atoms with van der Waals surface area (Å²) in [6.07, 6.45) is 0.842. The summed E-state index contributed by atoms with van der Waals surface area (Å²) < 4.78 is 26.0. The summed E-state index contributed by atoms with van der Waals surface area (Å²) in [6.45, 7) is 5.52. The van der Waals surface area contributed by atoms with Crippen molar-refractivity contribution in [2.24, 2.45) is 5.92 Å². The highest BCUT2D eigenvalue weighted by Gasteiger charge is 2.15. The van der Waals surface area contributed by atoms with Crippen molar-refractivity contribution < 1.29 is 18.4 Å². The van der Waals surface area contributed by atoms with Crippen LogP contribution in [-0.4, -0.2) is 11.8 Å². The van der Waals surface area contributed by atoms with E-state index >= 15 is 0 Å². The Morgan fingerprint density at radius 2 is 1.81 bits per heavy atom. The number of amides is 2. The third-order valence-corrected chi connectivity index (χ3v) is 4.20. The quantitative estimate of drug-likeness (QED) is 0.702. The zero-order valence-electron chi connectivity index (χ0n) is 14.7. The number of rotatable bonds is 7. The van der Waals surface area contributed by atoms with Crippen LogP contribution in [0.1, 0.15) is 30.1 Å². The molecule has 0 saturated heterocycles. The average molecular weight is 393 g/mol. The molecule has 0 heterocycles. The molecule has 27 heavy (non-hydrogen) atoms. The smallest absolute Gasteiger partial charge is 0.255 e. The molecule has 2 aromatic carbocycles. The Hall–Kier alpha value is -2.73. The van der Waals surface area contributed by atoms with Crippen LogP contribution < -0.4 is 10.6 Å².